The molecule has 0 bridgehead atoms. The molecule has 3 aromatic heterocycles. The van der Waals surface area contributed by atoms with Gasteiger partial charge in [-0.05, 0) is 17.7 Å². The first-order valence-corrected chi connectivity index (χ1v) is 7.03. The number of H-pyrrole nitrogens is 1. The number of aromatic nitrogens is 4. The lowest BCUT2D eigenvalue weighted by molar-refractivity contribution is 0.0950. The zero-order valence-corrected chi connectivity index (χ0v) is 12.5. The van der Waals surface area contributed by atoms with E-state index in [1.165, 1.54) is 12.3 Å². The van der Waals surface area contributed by atoms with E-state index in [-0.39, 0.29) is 11.5 Å². The number of carbonyl (C=O) groups excluding carboxylic acids is 1. The summed E-state index contributed by atoms with van der Waals surface area (Å²) in [4.78, 5) is 30.2. The number of rotatable bonds is 4. The molecule has 7 nitrogen and oxygen atoms in total. The molecule has 3 aromatic rings. The number of hydrogen-bond acceptors (Lipinski definition) is 4. The van der Waals surface area contributed by atoms with E-state index in [0.717, 1.165) is 16.8 Å². The Hall–Kier alpha value is -3.22. The van der Waals surface area contributed by atoms with Gasteiger partial charge in [0.1, 0.15) is 0 Å². The van der Waals surface area contributed by atoms with Crippen molar-refractivity contribution in [2.45, 2.75) is 6.54 Å². The number of nitrogens with zero attached hydrogens (tertiary/aromatic N) is 3. The number of aryl methyl sites for hydroxylation is 1. The van der Waals surface area contributed by atoms with Crippen LogP contribution in [0.1, 0.15) is 15.9 Å². The minimum Gasteiger partial charge on any atom is -0.348 e. The van der Waals surface area contributed by atoms with Crippen molar-refractivity contribution in [1.29, 1.82) is 0 Å². The number of nitrogens with one attached hydrogen (secondary N) is 2. The van der Waals surface area contributed by atoms with Gasteiger partial charge in [-0.2, -0.15) is 5.10 Å². The largest absolute Gasteiger partial charge is 0.348 e. The molecule has 0 aliphatic heterocycles. The van der Waals surface area contributed by atoms with Gasteiger partial charge in [0, 0.05) is 49.4 Å². The Kier molecular flexibility index (Phi) is 4.01. The van der Waals surface area contributed by atoms with Crippen LogP contribution in [0.5, 0.6) is 0 Å². The summed E-state index contributed by atoms with van der Waals surface area (Å²) in [5.74, 6) is -0.308. The van der Waals surface area contributed by atoms with Crippen molar-refractivity contribution in [3.05, 3.63) is 70.5 Å². The molecule has 7 heteroatoms. The molecule has 0 radical (unpaired) electrons. The van der Waals surface area contributed by atoms with Crippen LogP contribution in [-0.2, 0) is 13.6 Å². The normalized spacial score (nSPS) is 10.5. The molecule has 1 amide bonds. The summed E-state index contributed by atoms with van der Waals surface area (Å²) >= 11 is 0. The second-order valence-electron chi connectivity index (χ2n) is 5.04. The first kappa shape index (κ1) is 14.7. The van der Waals surface area contributed by atoms with Gasteiger partial charge < -0.3 is 10.3 Å². The van der Waals surface area contributed by atoms with Crippen LogP contribution in [0.15, 0.2) is 53.8 Å². The predicted molar refractivity (Wildman–Crippen MR) is 84.7 cm³/mol. The van der Waals surface area contributed by atoms with Crippen LogP contribution in [-0.4, -0.2) is 25.7 Å². The Morgan fingerprint density at radius 3 is 3.00 bits per heavy atom. The Morgan fingerprint density at radius 2 is 2.26 bits per heavy atom. The molecule has 0 saturated carbocycles. The maximum atomic E-state index is 12.1. The number of amides is 1. The van der Waals surface area contributed by atoms with E-state index in [4.69, 9.17) is 0 Å². The number of pyridine rings is 2. The second kappa shape index (κ2) is 6.27. The molecule has 3 rings (SSSR count). The molecular weight excluding hydrogens is 294 g/mol. The zero-order valence-electron chi connectivity index (χ0n) is 12.5. The third kappa shape index (κ3) is 3.34. The molecule has 0 fully saturated rings. The highest BCUT2D eigenvalue weighted by molar-refractivity contribution is 5.94. The van der Waals surface area contributed by atoms with Crippen molar-refractivity contribution in [2.75, 3.05) is 0 Å². The van der Waals surface area contributed by atoms with Crippen molar-refractivity contribution in [1.82, 2.24) is 25.1 Å². The summed E-state index contributed by atoms with van der Waals surface area (Å²) in [7, 11) is 1.83. The monoisotopic (exact) mass is 309 g/mol. The quantitative estimate of drug-likeness (QED) is 0.755. The second-order valence-corrected chi connectivity index (χ2v) is 5.04. The van der Waals surface area contributed by atoms with Crippen LogP contribution in [0.2, 0.25) is 0 Å². The SMILES string of the molecule is Cn1cc(-c2ncccc2CNC(=O)c2cc[nH]c(=O)c2)cn1. The third-order valence-electron chi connectivity index (χ3n) is 3.35. The lowest BCUT2D eigenvalue weighted by Gasteiger charge is -2.08. The molecular formula is C16H15N5O2. The molecule has 23 heavy (non-hydrogen) atoms. The van der Waals surface area contributed by atoms with Gasteiger partial charge in [0.2, 0.25) is 5.56 Å². The molecule has 0 saturated heterocycles. The predicted octanol–water partition coefficient (Wildman–Crippen LogP) is 1.10. The van der Waals surface area contributed by atoms with Gasteiger partial charge in [-0.3, -0.25) is 19.3 Å². The van der Waals surface area contributed by atoms with E-state index < -0.39 is 0 Å². The van der Waals surface area contributed by atoms with E-state index in [1.54, 1.807) is 23.1 Å². The van der Waals surface area contributed by atoms with Gasteiger partial charge in [-0.1, -0.05) is 6.07 Å². The van der Waals surface area contributed by atoms with Crippen molar-refractivity contribution in [2.24, 2.45) is 7.05 Å². The van der Waals surface area contributed by atoms with Gasteiger partial charge in [0.25, 0.3) is 5.91 Å². The standard InChI is InChI=1S/C16H15N5O2/c1-21-10-13(9-20-21)15-12(3-2-5-18-15)8-19-16(23)11-4-6-17-14(22)7-11/h2-7,9-10H,8H2,1H3,(H,17,22)(H,19,23). The molecule has 3 heterocycles. The first-order valence-electron chi connectivity index (χ1n) is 7.03. The summed E-state index contributed by atoms with van der Waals surface area (Å²) in [6, 6.07) is 6.53. The Balaban J connectivity index is 1.79. The topological polar surface area (TPSA) is 92.7 Å². The maximum Gasteiger partial charge on any atom is 0.251 e. The third-order valence-corrected chi connectivity index (χ3v) is 3.35. The zero-order chi connectivity index (χ0) is 16.2. The van der Waals surface area contributed by atoms with Crippen molar-refractivity contribution in [3.8, 4) is 11.3 Å². The summed E-state index contributed by atoms with van der Waals surface area (Å²) in [5, 5.41) is 6.94. The Bertz CT molecular complexity index is 897. The fourth-order valence-electron chi connectivity index (χ4n) is 2.25. The lowest BCUT2D eigenvalue weighted by Crippen LogP contribution is -2.24. The average Bonchev–Trinajstić information content (AvgIpc) is 2.99. The smallest absolute Gasteiger partial charge is 0.251 e. The van der Waals surface area contributed by atoms with Crippen molar-refractivity contribution in [3.63, 3.8) is 0 Å². The highest BCUT2D eigenvalue weighted by atomic mass is 16.2. The Morgan fingerprint density at radius 1 is 1.39 bits per heavy atom. The number of hydrogen-bond donors (Lipinski definition) is 2. The Labute approximate surface area is 132 Å². The van der Waals surface area contributed by atoms with E-state index >= 15 is 0 Å². The fraction of sp³-hybridized carbons (Fsp3) is 0.125. The fourth-order valence-corrected chi connectivity index (χ4v) is 2.25. The molecule has 0 aliphatic rings. The van der Waals surface area contributed by atoms with E-state index in [2.05, 4.69) is 20.4 Å². The number of carbonyl (C=O) groups is 1. The molecule has 0 spiro atoms. The van der Waals surface area contributed by atoms with Gasteiger partial charge in [0.15, 0.2) is 0 Å². The van der Waals surface area contributed by atoms with Crippen LogP contribution in [0, 0.1) is 0 Å². The molecule has 0 aromatic carbocycles. The highest BCUT2D eigenvalue weighted by Gasteiger charge is 2.10. The minimum absolute atomic E-state index is 0.308. The van der Waals surface area contributed by atoms with E-state index in [0.29, 0.717) is 12.1 Å². The van der Waals surface area contributed by atoms with Crippen molar-refractivity contribution < 1.29 is 4.79 Å². The van der Waals surface area contributed by atoms with Crippen LogP contribution < -0.4 is 10.9 Å². The van der Waals surface area contributed by atoms with E-state index in [9.17, 15) is 9.59 Å². The van der Waals surface area contributed by atoms with Crippen LogP contribution in [0.4, 0.5) is 0 Å². The lowest BCUT2D eigenvalue weighted by atomic mass is 10.1. The van der Waals surface area contributed by atoms with Crippen molar-refractivity contribution >= 4 is 5.91 Å². The summed E-state index contributed by atoms with van der Waals surface area (Å²) in [5.41, 5.74) is 2.54. The molecule has 0 atom stereocenters. The summed E-state index contributed by atoms with van der Waals surface area (Å²) in [6.07, 6.45) is 6.74. The highest BCUT2D eigenvalue weighted by Crippen LogP contribution is 2.20. The molecule has 2 N–H and O–H groups in total. The van der Waals surface area contributed by atoms with Gasteiger partial charge in [-0.15, -0.1) is 0 Å². The first-order chi connectivity index (χ1) is 11.1. The van der Waals surface area contributed by atoms with Gasteiger partial charge >= 0.3 is 0 Å². The van der Waals surface area contributed by atoms with Crippen LogP contribution in [0.25, 0.3) is 11.3 Å². The van der Waals surface area contributed by atoms with Gasteiger partial charge in [-0.25, -0.2) is 0 Å². The van der Waals surface area contributed by atoms with Crippen LogP contribution in [0.3, 0.4) is 0 Å². The average molecular weight is 309 g/mol. The molecule has 0 aliphatic carbocycles. The molecule has 0 unspecified atom stereocenters. The van der Waals surface area contributed by atoms with E-state index in [1.807, 2.05) is 25.4 Å². The molecule has 116 valence electrons. The number of aromatic amines is 1. The minimum atomic E-state index is -0.310. The maximum absolute atomic E-state index is 12.1. The summed E-state index contributed by atoms with van der Waals surface area (Å²) < 4.78 is 1.70. The van der Waals surface area contributed by atoms with Gasteiger partial charge in [0.05, 0.1) is 11.9 Å². The summed E-state index contributed by atoms with van der Waals surface area (Å²) in [6.45, 7) is 0.309. The van der Waals surface area contributed by atoms with Crippen LogP contribution >= 0.6 is 0 Å².